The van der Waals surface area contributed by atoms with Crippen molar-refractivity contribution in [2.45, 2.75) is 43.0 Å². The predicted molar refractivity (Wildman–Crippen MR) is 141 cm³/mol. The van der Waals surface area contributed by atoms with Gasteiger partial charge in [0, 0.05) is 30.5 Å². The average Bonchev–Trinajstić information content (AvgIpc) is 3.44. The summed E-state index contributed by atoms with van der Waals surface area (Å²) in [6.07, 6.45) is 3.37. The highest BCUT2D eigenvalue weighted by molar-refractivity contribution is 8.00. The molecule has 5 N–H and O–H groups in total. The minimum absolute atomic E-state index is 0.0502. The lowest BCUT2D eigenvalue weighted by Crippen LogP contribution is -2.36. The van der Waals surface area contributed by atoms with E-state index in [4.69, 9.17) is 34.2 Å². The third kappa shape index (κ3) is 15.7. The molecule has 3 atom stereocenters. The molecule has 0 unspecified atom stereocenters. The molecule has 2 aliphatic heterocycles. The quantitative estimate of drug-likeness (QED) is 0.0895. The number of hydrogen-bond acceptors (Lipinski definition) is 10. The molecule has 0 aromatic rings. The number of thioether (sulfide) groups is 1. The van der Waals surface area contributed by atoms with Crippen molar-refractivity contribution in [1.29, 1.82) is 0 Å². The fourth-order valence-corrected chi connectivity index (χ4v) is 5.45. The molecule has 13 heteroatoms. The van der Waals surface area contributed by atoms with Crippen LogP contribution in [0, 0.1) is 0 Å². The molecule has 0 saturated carbocycles. The van der Waals surface area contributed by atoms with Gasteiger partial charge in [0.15, 0.2) is 0 Å². The Morgan fingerprint density at radius 2 is 1.35 bits per heavy atom. The Hall–Kier alpha value is -1.19. The van der Waals surface area contributed by atoms with Crippen molar-refractivity contribution in [3.63, 3.8) is 0 Å². The van der Waals surface area contributed by atoms with Gasteiger partial charge in [-0.2, -0.15) is 11.8 Å². The lowest BCUT2D eigenvalue weighted by atomic mass is 10.0. The summed E-state index contributed by atoms with van der Waals surface area (Å²) < 4.78 is 32.3. The number of carbonyl (C=O) groups excluding carboxylic acids is 2. The fraction of sp³-hybridized carbons (Fsp3) is 0.917. The first-order chi connectivity index (χ1) is 18.2. The fourth-order valence-electron chi connectivity index (χ4n) is 3.91. The molecule has 0 aromatic heterocycles. The van der Waals surface area contributed by atoms with Crippen LogP contribution < -0.4 is 21.7 Å². The van der Waals surface area contributed by atoms with Crippen LogP contribution in [0.5, 0.6) is 0 Å². The standard InChI is InChI=1S/C24H46N4O8S/c25-5-7-31-9-11-33-13-15-35-17-18-36-16-14-34-12-10-32-8-6-26-22(29)4-2-1-3-21-23-20(19-37-21)27-24(30)28-23/h20-21,23H,1-19,25H2,(H,26,29)(H2,27,28,30)/t20-,21-,23-/m0/s1. The topological polar surface area (TPSA) is 152 Å². The largest absolute Gasteiger partial charge is 0.378 e. The second-order valence-corrected chi connectivity index (χ2v) is 9.95. The Bertz CT molecular complexity index is 607. The van der Waals surface area contributed by atoms with Crippen LogP contribution >= 0.6 is 11.8 Å². The van der Waals surface area contributed by atoms with Crippen molar-refractivity contribution in [2.24, 2.45) is 5.73 Å². The van der Waals surface area contributed by atoms with Crippen LogP contribution in [0.4, 0.5) is 4.79 Å². The number of nitrogens with one attached hydrogen (secondary N) is 3. The Morgan fingerprint density at radius 3 is 1.92 bits per heavy atom. The van der Waals surface area contributed by atoms with Crippen LogP contribution in [-0.4, -0.2) is 127 Å². The minimum Gasteiger partial charge on any atom is -0.378 e. The first kappa shape index (κ1) is 32.0. The number of fused-ring (bicyclic) bond motifs is 1. The molecule has 216 valence electrons. The molecule has 3 amide bonds. The van der Waals surface area contributed by atoms with Gasteiger partial charge in [-0.3, -0.25) is 4.79 Å². The van der Waals surface area contributed by atoms with E-state index in [2.05, 4.69) is 16.0 Å². The average molecular weight is 551 g/mol. The number of amides is 3. The van der Waals surface area contributed by atoms with Crippen LogP contribution in [-0.2, 0) is 33.2 Å². The highest BCUT2D eigenvalue weighted by Crippen LogP contribution is 2.33. The zero-order valence-electron chi connectivity index (χ0n) is 21.9. The van der Waals surface area contributed by atoms with E-state index < -0.39 is 0 Å². The van der Waals surface area contributed by atoms with Gasteiger partial charge in [-0.25, -0.2) is 4.79 Å². The monoisotopic (exact) mass is 550 g/mol. The van der Waals surface area contributed by atoms with Gasteiger partial charge >= 0.3 is 6.03 Å². The van der Waals surface area contributed by atoms with Gasteiger partial charge in [0.2, 0.25) is 5.91 Å². The molecule has 2 aliphatic rings. The lowest BCUT2D eigenvalue weighted by molar-refractivity contribution is -0.121. The summed E-state index contributed by atoms with van der Waals surface area (Å²) in [4.78, 5) is 23.4. The SMILES string of the molecule is NCCOCCOCCOCCOCCOCCOCCNC(=O)CCCC[C@@H]1SC[C@@H]2NC(=O)N[C@@H]21. The van der Waals surface area contributed by atoms with Gasteiger partial charge < -0.3 is 50.1 Å². The van der Waals surface area contributed by atoms with Gasteiger partial charge in [0.05, 0.1) is 91.4 Å². The molecule has 12 nitrogen and oxygen atoms in total. The molecule has 0 spiro atoms. The molecule has 0 aliphatic carbocycles. The van der Waals surface area contributed by atoms with Gasteiger partial charge in [0.25, 0.3) is 0 Å². The van der Waals surface area contributed by atoms with Crippen molar-refractivity contribution in [2.75, 3.05) is 98.1 Å². The molecular formula is C24H46N4O8S. The molecule has 2 rings (SSSR count). The third-order valence-corrected chi connectivity index (χ3v) is 7.28. The van der Waals surface area contributed by atoms with E-state index in [-0.39, 0.29) is 24.0 Å². The van der Waals surface area contributed by atoms with Gasteiger partial charge in [-0.15, -0.1) is 0 Å². The van der Waals surface area contributed by atoms with Crippen molar-refractivity contribution < 1.29 is 38.0 Å². The van der Waals surface area contributed by atoms with Gasteiger partial charge in [-0.05, 0) is 12.8 Å². The van der Waals surface area contributed by atoms with Crippen LogP contribution in [0.2, 0.25) is 0 Å². The third-order valence-electron chi connectivity index (χ3n) is 5.77. The smallest absolute Gasteiger partial charge is 0.315 e. The number of carbonyl (C=O) groups is 2. The summed E-state index contributed by atoms with van der Waals surface area (Å²) in [7, 11) is 0. The number of nitrogens with two attached hydrogens (primary N) is 1. The Labute approximate surface area is 224 Å². The zero-order valence-corrected chi connectivity index (χ0v) is 22.7. The first-order valence-electron chi connectivity index (χ1n) is 13.3. The van der Waals surface area contributed by atoms with E-state index in [1.165, 1.54) is 0 Å². The summed E-state index contributed by atoms with van der Waals surface area (Å²) in [5.74, 6) is 1.02. The van der Waals surface area contributed by atoms with E-state index in [1.807, 2.05) is 11.8 Å². The van der Waals surface area contributed by atoms with Crippen molar-refractivity contribution in [3.05, 3.63) is 0 Å². The predicted octanol–water partition coefficient (Wildman–Crippen LogP) is -0.113. The second kappa shape index (κ2) is 21.7. The van der Waals surface area contributed by atoms with Crippen molar-refractivity contribution >= 4 is 23.7 Å². The normalized spacial score (nSPS) is 20.6. The number of hydrogen-bond donors (Lipinski definition) is 4. The number of urea groups is 1. The molecule has 2 fully saturated rings. The van der Waals surface area contributed by atoms with Crippen LogP contribution in [0.25, 0.3) is 0 Å². The summed E-state index contributed by atoms with van der Waals surface area (Å²) in [5.41, 5.74) is 5.32. The highest BCUT2D eigenvalue weighted by atomic mass is 32.2. The number of rotatable bonds is 25. The maximum Gasteiger partial charge on any atom is 0.315 e. The van der Waals surface area contributed by atoms with Crippen LogP contribution in [0.15, 0.2) is 0 Å². The Morgan fingerprint density at radius 1 is 0.811 bits per heavy atom. The molecular weight excluding hydrogens is 504 g/mol. The van der Waals surface area contributed by atoms with E-state index in [1.54, 1.807) is 0 Å². The van der Waals surface area contributed by atoms with Crippen LogP contribution in [0.3, 0.4) is 0 Å². The van der Waals surface area contributed by atoms with Crippen molar-refractivity contribution in [3.8, 4) is 0 Å². The molecule has 37 heavy (non-hydrogen) atoms. The molecule has 2 heterocycles. The van der Waals surface area contributed by atoms with Crippen molar-refractivity contribution in [1.82, 2.24) is 16.0 Å². The summed E-state index contributed by atoms with van der Waals surface area (Å²) in [5, 5.41) is 9.28. The zero-order chi connectivity index (χ0) is 26.4. The van der Waals surface area contributed by atoms with E-state index >= 15 is 0 Å². The maximum atomic E-state index is 12.0. The van der Waals surface area contributed by atoms with Gasteiger partial charge in [0.1, 0.15) is 0 Å². The highest BCUT2D eigenvalue weighted by Gasteiger charge is 2.42. The molecule has 0 bridgehead atoms. The summed E-state index contributed by atoms with van der Waals surface area (Å²) in [6.45, 7) is 7.15. The maximum absolute atomic E-state index is 12.0. The van der Waals surface area contributed by atoms with E-state index in [0.29, 0.717) is 104 Å². The van der Waals surface area contributed by atoms with E-state index in [9.17, 15) is 9.59 Å². The first-order valence-corrected chi connectivity index (χ1v) is 14.4. The van der Waals surface area contributed by atoms with Crippen LogP contribution in [0.1, 0.15) is 25.7 Å². The summed E-state index contributed by atoms with van der Waals surface area (Å²) in [6, 6.07) is 0.429. The Balaban J connectivity index is 1.23. The van der Waals surface area contributed by atoms with Gasteiger partial charge in [-0.1, -0.05) is 6.42 Å². The number of ether oxygens (including phenoxy) is 6. The Kier molecular flexibility index (Phi) is 18.8. The molecule has 0 radical (unpaired) electrons. The second-order valence-electron chi connectivity index (χ2n) is 8.68. The molecule has 2 saturated heterocycles. The minimum atomic E-state index is -0.0561. The lowest BCUT2D eigenvalue weighted by Gasteiger charge is -2.16. The van der Waals surface area contributed by atoms with E-state index in [0.717, 1.165) is 25.0 Å². The molecule has 0 aromatic carbocycles. The summed E-state index contributed by atoms with van der Waals surface area (Å²) >= 11 is 1.90. The number of unbranched alkanes of at least 4 members (excludes halogenated alkanes) is 1.